The lowest BCUT2D eigenvalue weighted by atomic mass is 9.45. The number of Topliss-reactive ketones (excluding diaryl/α,β-unsaturated/α-hetero) is 1. The van der Waals surface area contributed by atoms with Gasteiger partial charge in [-0.2, -0.15) is 0 Å². The zero-order valence-corrected chi connectivity index (χ0v) is 26.9. The summed E-state index contributed by atoms with van der Waals surface area (Å²) in [6.45, 7) is 7.36. The van der Waals surface area contributed by atoms with Crippen molar-refractivity contribution in [1.29, 1.82) is 0 Å². The molecule has 2 bridgehead atoms. The molecule has 2 saturated carbocycles. The minimum atomic E-state index is -2.75. The van der Waals surface area contributed by atoms with Crippen molar-refractivity contribution >= 4 is 47.6 Å². The molecule has 17 heteroatoms. The molecular weight excluding hydrogens is 620 g/mol. The fourth-order valence-corrected chi connectivity index (χ4v) is 7.21. The smallest absolute Gasteiger partial charge is 0.303 e. The fourth-order valence-electron chi connectivity index (χ4n) is 7.21. The van der Waals surface area contributed by atoms with Crippen LogP contribution in [0, 0.1) is 11.3 Å². The highest BCUT2D eigenvalue weighted by molar-refractivity contribution is 5.93. The summed E-state index contributed by atoms with van der Waals surface area (Å²) in [7, 11) is 0. The van der Waals surface area contributed by atoms with Gasteiger partial charge in [-0.1, -0.05) is 0 Å². The number of ether oxygens (including phenoxy) is 8. The van der Waals surface area contributed by atoms with E-state index in [4.69, 9.17) is 37.9 Å². The number of fused-ring (bicyclic) bond motifs is 1. The van der Waals surface area contributed by atoms with Crippen molar-refractivity contribution in [3.63, 3.8) is 0 Å². The Kier molecular flexibility index (Phi) is 9.94. The number of hydrogen-bond acceptors (Lipinski definition) is 17. The van der Waals surface area contributed by atoms with Gasteiger partial charge >= 0.3 is 41.8 Å². The summed E-state index contributed by atoms with van der Waals surface area (Å²) < 4.78 is 45.2. The Morgan fingerprint density at radius 3 is 1.52 bits per heavy atom. The summed E-state index contributed by atoms with van der Waals surface area (Å²) in [6, 6.07) is 0. The van der Waals surface area contributed by atoms with Crippen LogP contribution in [0.25, 0.3) is 0 Å². The first-order valence-corrected chi connectivity index (χ1v) is 14.2. The molecule has 3 aliphatic rings. The summed E-state index contributed by atoms with van der Waals surface area (Å²) in [5.41, 5.74) is -10.1. The minimum Gasteiger partial charge on any atom is -0.465 e. The van der Waals surface area contributed by atoms with Crippen LogP contribution in [0.1, 0.15) is 62.3 Å². The van der Waals surface area contributed by atoms with E-state index < -0.39 is 119 Å². The van der Waals surface area contributed by atoms with Crippen molar-refractivity contribution in [1.82, 2.24) is 0 Å². The second-order valence-electron chi connectivity index (χ2n) is 11.9. The monoisotopic (exact) mass is 658 g/mol. The molecule has 46 heavy (non-hydrogen) atoms. The number of hydrogen-bond donors (Lipinski definition) is 1. The molecule has 1 aliphatic heterocycles. The van der Waals surface area contributed by atoms with Gasteiger partial charge in [0, 0.05) is 48.5 Å². The summed E-state index contributed by atoms with van der Waals surface area (Å²) in [6.07, 6.45) is -10.1. The third-order valence-electron chi connectivity index (χ3n) is 8.43. The largest absolute Gasteiger partial charge is 0.465 e. The highest BCUT2D eigenvalue weighted by atomic mass is 16.7. The van der Waals surface area contributed by atoms with E-state index in [0.29, 0.717) is 0 Å². The van der Waals surface area contributed by atoms with Crippen molar-refractivity contribution in [2.75, 3.05) is 13.2 Å². The van der Waals surface area contributed by atoms with E-state index in [1.807, 2.05) is 0 Å². The van der Waals surface area contributed by atoms with Gasteiger partial charge in [0.25, 0.3) is 0 Å². The first-order valence-electron chi connectivity index (χ1n) is 14.2. The average Bonchev–Trinajstić information content (AvgIpc) is 3.11. The number of esters is 7. The fraction of sp³-hybridized carbons (Fsp3) is 0.724. The van der Waals surface area contributed by atoms with Gasteiger partial charge in [-0.3, -0.25) is 38.4 Å². The first kappa shape index (κ1) is 36.3. The molecule has 1 saturated heterocycles. The summed E-state index contributed by atoms with van der Waals surface area (Å²) in [4.78, 5) is 102. The Labute approximate surface area is 263 Å². The highest BCUT2D eigenvalue weighted by Gasteiger charge is 2.91. The van der Waals surface area contributed by atoms with Gasteiger partial charge in [-0.05, 0) is 13.8 Å². The number of carbonyl (C=O) groups is 8. The highest BCUT2D eigenvalue weighted by Crippen LogP contribution is 2.68. The first-order chi connectivity index (χ1) is 21.1. The summed E-state index contributed by atoms with van der Waals surface area (Å²) in [5.74, 6) is -9.75. The molecule has 0 aromatic rings. The zero-order chi connectivity index (χ0) is 35.2. The molecule has 2 aliphatic carbocycles. The lowest BCUT2D eigenvalue weighted by Crippen LogP contribution is -2.88. The van der Waals surface area contributed by atoms with Crippen molar-refractivity contribution in [3.05, 3.63) is 0 Å². The molecule has 0 aromatic heterocycles. The molecule has 3 fully saturated rings. The van der Waals surface area contributed by atoms with Crippen LogP contribution in [0.15, 0.2) is 0 Å². The number of carbonyl (C=O) groups excluding carboxylic acids is 8. The minimum absolute atomic E-state index is 0.700. The van der Waals surface area contributed by atoms with Crippen LogP contribution in [0.2, 0.25) is 0 Å². The Bertz CT molecular complexity index is 1340. The van der Waals surface area contributed by atoms with E-state index in [1.165, 1.54) is 6.92 Å². The molecule has 256 valence electrons. The Balaban J connectivity index is 2.65. The predicted molar refractivity (Wildman–Crippen MR) is 145 cm³/mol. The molecule has 1 N–H and O–H groups in total. The number of ketones is 1. The molecule has 0 radical (unpaired) electrons. The Morgan fingerprint density at radius 1 is 0.630 bits per heavy atom. The van der Waals surface area contributed by atoms with Crippen molar-refractivity contribution in [3.8, 4) is 0 Å². The van der Waals surface area contributed by atoms with Crippen LogP contribution < -0.4 is 0 Å². The lowest BCUT2D eigenvalue weighted by Gasteiger charge is -2.66. The molecule has 0 aromatic carbocycles. The number of aliphatic hydroxyl groups is 1. The third kappa shape index (κ3) is 5.81. The van der Waals surface area contributed by atoms with Crippen LogP contribution >= 0.6 is 0 Å². The van der Waals surface area contributed by atoms with Crippen molar-refractivity contribution in [2.24, 2.45) is 11.3 Å². The second-order valence-corrected chi connectivity index (χ2v) is 11.9. The van der Waals surface area contributed by atoms with Gasteiger partial charge in [0.05, 0.1) is 5.92 Å². The van der Waals surface area contributed by atoms with Crippen LogP contribution in [0.4, 0.5) is 0 Å². The van der Waals surface area contributed by atoms with E-state index >= 15 is 0 Å². The molecule has 0 amide bonds. The standard InChI is InChI=1S/C29H38O17/c1-12(30)39-10-26(8)19-20(37)23(43-16(5)34)28(11-40-13(2)31)25(45-18(7)36)21(41-14(3)32)24(44-17(6)35)27(9,38)29(28,46-26)22(19)42-15(4)33/h19,21-25,38H,10-11H2,1-9H3/t19-,21+,22+,23-,24+,25+,26?,27+,28-,29+/m1/s1. The summed E-state index contributed by atoms with van der Waals surface area (Å²) >= 11 is 0. The van der Waals surface area contributed by atoms with Crippen LogP contribution in [0.3, 0.4) is 0 Å². The maximum Gasteiger partial charge on any atom is 0.303 e. The summed E-state index contributed by atoms with van der Waals surface area (Å²) in [5, 5.41) is 12.7. The molecule has 3 rings (SSSR count). The van der Waals surface area contributed by atoms with Crippen LogP contribution in [0.5, 0.6) is 0 Å². The lowest BCUT2D eigenvalue weighted by molar-refractivity contribution is -0.376. The van der Waals surface area contributed by atoms with E-state index in [0.717, 1.165) is 55.4 Å². The molecule has 1 spiro atoms. The van der Waals surface area contributed by atoms with Gasteiger partial charge in [-0.15, -0.1) is 0 Å². The van der Waals surface area contributed by atoms with Crippen molar-refractivity contribution in [2.45, 2.75) is 110 Å². The van der Waals surface area contributed by atoms with Crippen molar-refractivity contribution < 1.29 is 81.4 Å². The average molecular weight is 659 g/mol. The SMILES string of the molecule is CC(=O)OCC1(C)O[C@]23[C@@H](OC(C)=O)[C@H]1C(=O)[C@@H](OC(C)=O)[C@]2(COC(C)=O)[C@@H](OC(C)=O)[C@@H](OC(C)=O)[C@H](OC(C)=O)[C@]3(C)O. The maximum absolute atomic E-state index is 14.7. The molecule has 1 heterocycles. The van der Waals surface area contributed by atoms with Crippen LogP contribution in [-0.2, 0) is 76.3 Å². The zero-order valence-electron chi connectivity index (χ0n) is 26.9. The quantitative estimate of drug-likeness (QED) is 0.237. The van der Waals surface area contributed by atoms with Gasteiger partial charge < -0.3 is 43.0 Å². The van der Waals surface area contributed by atoms with Crippen LogP contribution in [-0.4, -0.2) is 113 Å². The van der Waals surface area contributed by atoms with E-state index in [-0.39, 0.29) is 0 Å². The molecular formula is C29H38O17. The molecule has 17 nitrogen and oxygen atoms in total. The molecule has 1 unspecified atom stereocenters. The van der Waals surface area contributed by atoms with Gasteiger partial charge in [0.2, 0.25) is 0 Å². The topological polar surface area (TPSA) is 231 Å². The third-order valence-corrected chi connectivity index (χ3v) is 8.43. The predicted octanol–water partition coefficient (Wildman–Crippen LogP) is -0.751. The van der Waals surface area contributed by atoms with Gasteiger partial charge in [0.15, 0.2) is 35.8 Å². The normalized spacial score (nSPS) is 37.6. The molecule has 10 atom stereocenters. The van der Waals surface area contributed by atoms with Gasteiger partial charge in [0.1, 0.15) is 35.9 Å². The second kappa shape index (κ2) is 12.6. The van der Waals surface area contributed by atoms with Gasteiger partial charge in [-0.25, -0.2) is 0 Å². The van der Waals surface area contributed by atoms with E-state index in [1.54, 1.807) is 0 Å². The number of rotatable bonds is 9. The maximum atomic E-state index is 14.7. The van der Waals surface area contributed by atoms with E-state index in [9.17, 15) is 43.5 Å². The van der Waals surface area contributed by atoms with E-state index in [2.05, 4.69) is 0 Å². The Morgan fingerprint density at radius 2 is 1.07 bits per heavy atom. The Hall–Kier alpha value is -4.12.